The van der Waals surface area contributed by atoms with Gasteiger partial charge in [0.15, 0.2) is 0 Å². The molecule has 188 valence electrons. The number of nitrogens with one attached hydrogen (secondary N) is 2. The van der Waals surface area contributed by atoms with Crippen molar-refractivity contribution in [1.82, 2.24) is 20.1 Å². The predicted octanol–water partition coefficient (Wildman–Crippen LogP) is 2.00. The number of carbonyl (C=O) groups excluding carboxylic acids is 1. The maximum Gasteiger partial charge on any atom is 0.423 e. The molecule has 0 aliphatic carbocycles. The number of alkyl halides is 3. The van der Waals surface area contributed by atoms with Crippen LogP contribution in [0.3, 0.4) is 0 Å². The highest BCUT2D eigenvalue weighted by molar-refractivity contribution is 5.77. The van der Waals surface area contributed by atoms with E-state index in [0.717, 1.165) is 24.9 Å². The van der Waals surface area contributed by atoms with Crippen LogP contribution in [0.1, 0.15) is 30.9 Å². The zero-order valence-corrected chi connectivity index (χ0v) is 19.3. The second-order valence-corrected chi connectivity index (χ2v) is 8.29. The number of aromatic amines is 1. The van der Waals surface area contributed by atoms with E-state index in [4.69, 9.17) is 10.00 Å². The number of nitrogens with zero attached hydrogens (tertiary/aromatic N) is 5. The number of aromatic nitrogens is 3. The summed E-state index contributed by atoms with van der Waals surface area (Å²) in [6.07, 6.45) is -0.959. The maximum absolute atomic E-state index is 13.1. The summed E-state index contributed by atoms with van der Waals surface area (Å²) in [6, 6.07) is 4.96. The molecule has 13 heteroatoms. The van der Waals surface area contributed by atoms with Gasteiger partial charge in [0.1, 0.15) is 24.1 Å². The summed E-state index contributed by atoms with van der Waals surface area (Å²) in [4.78, 5) is 32.1. The van der Waals surface area contributed by atoms with E-state index in [1.54, 1.807) is 36.1 Å². The van der Waals surface area contributed by atoms with Crippen molar-refractivity contribution < 1.29 is 22.7 Å². The second kappa shape index (κ2) is 11.2. The molecular weight excluding hydrogens is 467 g/mol. The summed E-state index contributed by atoms with van der Waals surface area (Å²) in [5.74, 6) is 0.548. The fourth-order valence-electron chi connectivity index (χ4n) is 3.85. The third kappa shape index (κ3) is 6.69. The van der Waals surface area contributed by atoms with E-state index in [2.05, 4.69) is 20.3 Å². The highest BCUT2D eigenvalue weighted by atomic mass is 19.4. The summed E-state index contributed by atoms with van der Waals surface area (Å²) in [7, 11) is 1.70. The zero-order chi connectivity index (χ0) is 25.6. The largest absolute Gasteiger partial charge is 0.423 e. The van der Waals surface area contributed by atoms with Gasteiger partial charge in [-0.3, -0.25) is 9.59 Å². The first-order valence-corrected chi connectivity index (χ1v) is 11.0. The van der Waals surface area contributed by atoms with Crippen LogP contribution in [0.25, 0.3) is 0 Å². The normalized spacial score (nSPS) is 15.4. The zero-order valence-electron chi connectivity index (χ0n) is 19.3. The number of piperidine rings is 1. The first-order chi connectivity index (χ1) is 16.6. The van der Waals surface area contributed by atoms with Crippen molar-refractivity contribution in [3.05, 3.63) is 46.0 Å². The Hall–Kier alpha value is -3.66. The van der Waals surface area contributed by atoms with Crippen LogP contribution >= 0.6 is 0 Å². The third-order valence-corrected chi connectivity index (χ3v) is 5.74. The van der Waals surface area contributed by atoms with E-state index >= 15 is 0 Å². The minimum absolute atomic E-state index is 0.0211. The Kier molecular flexibility index (Phi) is 8.29. The van der Waals surface area contributed by atoms with E-state index in [1.165, 1.54) is 6.20 Å². The van der Waals surface area contributed by atoms with Crippen molar-refractivity contribution >= 4 is 17.4 Å². The van der Waals surface area contributed by atoms with E-state index in [9.17, 15) is 22.8 Å². The number of nitriles is 1. The van der Waals surface area contributed by atoms with Crippen LogP contribution in [0.15, 0.2) is 29.3 Å². The highest BCUT2D eigenvalue weighted by Gasteiger charge is 2.37. The van der Waals surface area contributed by atoms with Gasteiger partial charge >= 0.3 is 6.18 Å². The van der Waals surface area contributed by atoms with Crippen molar-refractivity contribution in [2.24, 2.45) is 0 Å². The van der Waals surface area contributed by atoms with Crippen LogP contribution in [0.4, 0.5) is 24.7 Å². The Morgan fingerprint density at radius 1 is 1.37 bits per heavy atom. The third-order valence-electron chi connectivity index (χ3n) is 5.74. The average Bonchev–Trinajstić information content (AvgIpc) is 2.83. The lowest BCUT2D eigenvalue weighted by Gasteiger charge is -2.37. The van der Waals surface area contributed by atoms with Crippen LogP contribution in [-0.2, 0) is 15.7 Å². The molecule has 1 saturated heterocycles. The summed E-state index contributed by atoms with van der Waals surface area (Å²) in [5, 5.41) is 16.6. The molecule has 1 unspecified atom stereocenters. The fourth-order valence-corrected chi connectivity index (χ4v) is 3.85. The summed E-state index contributed by atoms with van der Waals surface area (Å²) in [6.45, 7) is 2.71. The molecular formula is C22H26F3N7O3. The molecule has 35 heavy (non-hydrogen) atoms. The molecule has 3 heterocycles. The number of carbonyl (C=O) groups is 1. The van der Waals surface area contributed by atoms with Crippen molar-refractivity contribution in [2.75, 3.05) is 43.6 Å². The minimum Gasteiger partial charge on any atom is -0.378 e. The molecule has 0 spiro atoms. The van der Waals surface area contributed by atoms with E-state index in [1.807, 2.05) is 6.07 Å². The molecule has 1 amide bonds. The monoisotopic (exact) mass is 493 g/mol. The number of ether oxygens (including phenoxy) is 1. The van der Waals surface area contributed by atoms with Crippen molar-refractivity contribution in [3.63, 3.8) is 0 Å². The molecule has 1 aliphatic rings. The van der Waals surface area contributed by atoms with Crippen LogP contribution in [0.2, 0.25) is 0 Å². The highest BCUT2D eigenvalue weighted by Crippen LogP contribution is 2.31. The van der Waals surface area contributed by atoms with Crippen molar-refractivity contribution in [3.8, 4) is 6.07 Å². The van der Waals surface area contributed by atoms with Gasteiger partial charge in [0.2, 0.25) is 5.91 Å². The van der Waals surface area contributed by atoms with Gasteiger partial charge in [0.25, 0.3) is 5.56 Å². The van der Waals surface area contributed by atoms with Crippen LogP contribution < -0.4 is 15.8 Å². The van der Waals surface area contributed by atoms with Gasteiger partial charge in [-0.2, -0.15) is 23.5 Å². The van der Waals surface area contributed by atoms with E-state index in [0.29, 0.717) is 18.7 Å². The number of hydrogen-bond donors (Lipinski definition) is 2. The number of hydrogen-bond acceptors (Lipinski definition) is 8. The SMILES string of the molecule is CC(COCC(=O)N(C)C1CCN(c2ccc(C#N)cn2)CC1)Nc1cn[nH]c(=O)c1C(F)(F)F. The van der Waals surface area contributed by atoms with Crippen LogP contribution in [0.5, 0.6) is 0 Å². The number of halogens is 3. The Morgan fingerprint density at radius 2 is 2.09 bits per heavy atom. The average molecular weight is 493 g/mol. The minimum atomic E-state index is -4.84. The molecule has 3 rings (SSSR count). The summed E-state index contributed by atoms with van der Waals surface area (Å²) < 4.78 is 44.9. The quantitative estimate of drug-likeness (QED) is 0.572. The number of rotatable bonds is 8. The van der Waals surface area contributed by atoms with E-state index in [-0.39, 0.29) is 25.2 Å². The Bertz CT molecular complexity index is 1110. The van der Waals surface area contributed by atoms with Crippen LogP contribution in [0, 0.1) is 11.3 Å². The molecule has 2 aromatic heterocycles. The molecule has 0 bridgehead atoms. The molecule has 1 atom stereocenters. The van der Waals surface area contributed by atoms with Crippen molar-refractivity contribution in [2.45, 2.75) is 38.0 Å². The lowest BCUT2D eigenvalue weighted by atomic mass is 10.0. The molecule has 0 saturated carbocycles. The van der Waals surface area contributed by atoms with Gasteiger partial charge in [-0.1, -0.05) is 0 Å². The number of H-pyrrole nitrogens is 1. The van der Waals surface area contributed by atoms with E-state index < -0.39 is 29.0 Å². The molecule has 2 N–H and O–H groups in total. The topological polar surface area (TPSA) is 127 Å². The Morgan fingerprint density at radius 3 is 2.69 bits per heavy atom. The van der Waals surface area contributed by atoms with Gasteiger partial charge in [-0.25, -0.2) is 10.1 Å². The molecule has 0 radical (unpaired) electrons. The first-order valence-electron chi connectivity index (χ1n) is 11.0. The Balaban J connectivity index is 1.44. The molecule has 0 aromatic carbocycles. The number of amides is 1. The lowest BCUT2D eigenvalue weighted by Crippen LogP contribution is -2.47. The fraction of sp³-hybridized carbons (Fsp3) is 0.500. The Labute approximate surface area is 199 Å². The van der Waals surface area contributed by atoms with Gasteiger partial charge < -0.3 is 19.9 Å². The standard InChI is InChI=1S/C22H26F3N7O3/c1-14(29-17-11-28-30-21(34)20(17)22(23,24)25)12-35-13-19(33)31(2)16-5-7-32(8-6-16)18-4-3-15(9-26)10-27-18/h3-4,10-11,14,16H,5-8,12-13H2,1-2H3,(H2,29,30,34). The molecule has 1 aliphatic heterocycles. The van der Waals surface area contributed by atoms with Gasteiger partial charge in [-0.15, -0.1) is 0 Å². The van der Waals surface area contributed by atoms with Gasteiger partial charge in [0.05, 0.1) is 24.1 Å². The summed E-state index contributed by atoms with van der Waals surface area (Å²) >= 11 is 0. The number of anilines is 2. The van der Waals surface area contributed by atoms with Gasteiger partial charge in [0, 0.05) is 38.4 Å². The van der Waals surface area contributed by atoms with Crippen LogP contribution in [-0.4, -0.2) is 71.4 Å². The lowest BCUT2D eigenvalue weighted by molar-refractivity contribution is -0.138. The first kappa shape index (κ1) is 26.0. The molecule has 2 aromatic rings. The number of likely N-dealkylation sites (N-methyl/N-ethyl adjacent to an activating group) is 1. The molecule has 10 nitrogen and oxygen atoms in total. The van der Waals surface area contributed by atoms with Crippen molar-refractivity contribution in [1.29, 1.82) is 5.26 Å². The smallest absolute Gasteiger partial charge is 0.378 e. The second-order valence-electron chi connectivity index (χ2n) is 8.29. The summed E-state index contributed by atoms with van der Waals surface area (Å²) in [5.41, 5.74) is -2.66. The number of pyridine rings is 1. The maximum atomic E-state index is 13.1. The van der Waals surface area contributed by atoms with Gasteiger partial charge in [-0.05, 0) is 31.9 Å². The predicted molar refractivity (Wildman–Crippen MR) is 121 cm³/mol. The molecule has 1 fully saturated rings.